The molecule has 2 aromatic rings. The molecule has 0 aliphatic carbocycles. The lowest BCUT2D eigenvalue weighted by Crippen LogP contribution is -2.47. The first kappa shape index (κ1) is 22.9. The zero-order chi connectivity index (χ0) is 22.1. The van der Waals surface area contributed by atoms with Crippen LogP contribution in [0.1, 0.15) is 48.2 Å². The summed E-state index contributed by atoms with van der Waals surface area (Å²) in [5.41, 5.74) is 7.17. The lowest BCUT2D eigenvalue weighted by Gasteiger charge is -2.17. The van der Waals surface area contributed by atoms with Crippen LogP contribution in [0, 0.1) is 13.8 Å². The van der Waals surface area contributed by atoms with Crippen molar-refractivity contribution >= 4 is 17.6 Å². The summed E-state index contributed by atoms with van der Waals surface area (Å²) in [6.45, 7) is 7.90. The summed E-state index contributed by atoms with van der Waals surface area (Å²) in [6.07, 6.45) is -0.806. The predicted octanol–water partition coefficient (Wildman–Crippen LogP) is 3.28. The maximum atomic E-state index is 12.2. The highest BCUT2D eigenvalue weighted by molar-refractivity contribution is 5.98. The van der Waals surface area contributed by atoms with E-state index in [1.165, 1.54) is 0 Å². The van der Waals surface area contributed by atoms with E-state index in [1.807, 2.05) is 32.9 Å². The van der Waals surface area contributed by atoms with Gasteiger partial charge in [-0.15, -0.1) is 0 Å². The summed E-state index contributed by atoms with van der Waals surface area (Å²) in [7, 11) is 0. The number of carbonyl (C=O) groups is 3. The van der Waals surface area contributed by atoms with Gasteiger partial charge in [-0.3, -0.25) is 25.2 Å². The Morgan fingerprint density at radius 3 is 2.33 bits per heavy atom. The van der Waals surface area contributed by atoms with E-state index in [1.54, 1.807) is 37.3 Å². The van der Waals surface area contributed by atoms with Crippen LogP contribution in [0.25, 0.3) is 0 Å². The molecular formula is C23H28N2O5. The molecule has 7 heteroatoms. The summed E-state index contributed by atoms with van der Waals surface area (Å²) in [6, 6.07) is 12.4. The smallest absolute Gasteiger partial charge is 0.279 e. The molecule has 7 nitrogen and oxygen atoms in total. The second kappa shape index (κ2) is 11.0. The minimum Gasteiger partial charge on any atom is -0.494 e. The number of hydrazine groups is 1. The van der Waals surface area contributed by atoms with Gasteiger partial charge in [-0.05, 0) is 69.2 Å². The molecule has 30 heavy (non-hydrogen) atoms. The van der Waals surface area contributed by atoms with Crippen LogP contribution < -0.4 is 20.3 Å². The third kappa shape index (κ3) is 6.62. The predicted molar refractivity (Wildman–Crippen MR) is 113 cm³/mol. The highest BCUT2D eigenvalue weighted by Gasteiger charge is 2.17. The molecule has 2 aromatic carbocycles. The van der Waals surface area contributed by atoms with Crippen molar-refractivity contribution in [3.63, 3.8) is 0 Å². The number of Topliss-reactive ketones (excluding diaryl/α,β-unsaturated/α-hetero) is 1. The zero-order valence-corrected chi connectivity index (χ0v) is 17.8. The van der Waals surface area contributed by atoms with E-state index in [9.17, 15) is 14.4 Å². The van der Waals surface area contributed by atoms with Crippen molar-refractivity contribution in [3.8, 4) is 11.5 Å². The molecule has 0 bridgehead atoms. The Kier molecular flexibility index (Phi) is 8.41. The number of ether oxygens (including phenoxy) is 2. The summed E-state index contributed by atoms with van der Waals surface area (Å²) in [5, 5.41) is 0. The third-order valence-corrected chi connectivity index (χ3v) is 4.62. The first-order chi connectivity index (χ1) is 14.3. The van der Waals surface area contributed by atoms with Crippen molar-refractivity contribution in [2.24, 2.45) is 0 Å². The monoisotopic (exact) mass is 412 g/mol. The fourth-order valence-electron chi connectivity index (χ4n) is 2.67. The Bertz CT molecular complexity index is 893. The van der Waals surface area contributed by atoms with Gasteiger partial charge in [0.15, 0.2) is 11.9 Å². The molecule has 0 heterocycles. The Balaban J connectivity index is 1.76. The number of benzene rings is 2. The van der Waals surface area contributed by atoms with Gasteiger partial charge < -0.3 is 9.47 Å². The number of rotatable bonds is 9. The van der Waals surface area contributed by atoms with Crippen LogP contribution >= 0.6 is 0 Å². The summed E-state index contributed by atoms with van der Waals surface area (Å²) >= 11 is 0. The number of hydrogen-bond acceptors (Lipinski definition) is 5. The third-order valence-electron chi connectivity index (χ3n) is 4.62. The summed E-state index contributed by atoms with van der Waals surface area (Å²) < 4.78 is 11.0. The normalized spacial score (nSPS) is 11.3. The van der Waals surface area contributed by atoms with Crippen LogP contribution in [0.4, 0.5) is 0 Å². The van der Waals surface area contributed by atoms with Crippen molar-refractivity contribution in [2.45, 2.75) is 46.6 Å². The summed E-state index contributed by atoms with van der Waals surface area (Å²) in [5.74, 6) is 0.200. The average molecular weight is 412 g/mol. The molecule has 1 atom stereocenters. The van der Waals surface area contributed by atoms with Crippen LogP contribution in [-0.4, -0.2) is 30.3 Å². The lowest BCUT2D eigenvalue weighted by atomic mass is 10.1. The van der Waals surface area contributed by atoms with Gasteiger partial charge in [-0.25, -0.2) is 0 Å². The van der Waals surface area contributed by atoms with E-state index < -0.39 is 17.9 Å². The molecule has 0 saturated heterocycles. The van der Waals surface area contributed by atoms with Crippen LogP contribution in [0.15, 0.2) is 42.5 Å². The minimum absolute atomic E-state index is 0.0320. The molecule has 0 unspecified atom stereocenters. The zero-order valence-electron chi connectivity index (χ0n) is 17.8. The molecule has 0 aliphatic heterocycles. The van der Waals surface area contributed by atoms with Gasteiger partial charge in [-0.1, -0.05) is 12.1 Å². The largest absolute Gasteiger partial charge is 0.494 e. The fraction of sp³-hybridized carbons (Fsp3) is 0.348. The highest BCUT2D eigenvalue weighted by Crippen LogP contribution is 2.21. The second-order valence-electron chi connectivity index (χ2n) is 6.88. The number of ketones is 1. The van der Waals surface area contributed by atoms with E-state index in [0.717, 1.165) is 11.1 Å². The molecular weight excluding hydrogens is 384 g/mol. The van der Waals surface area contributed by atoms with Crippen LogP contribution in [0.3, 0.4) is 0 Å². The highest BCUT2D eigenvalue weighted by atomic mass is 16.5. The van der Waals surface area contributed by atoms with Crippen LogP contribution in [0.2, 0.25) is 0 Å². The molecule has 2 N–H and O–H groups in total. The topological polar surface area (TPSA) is 93.7 Å². The minimum atomic E-state index is -0.795. The molecule has 2 amide bonds. The molecule has 0 fully saturated rings. The first-order valence-electron chi connectivity index (χ1n) is 9.89. The number of nitrogens with one attached hydrogen (secondary N) is 2. The van der Waals surface area contributed by atoms with E-state index in [-0.39, 0.29) is 18.6 Å². The maximum Gasteiger partial charge on any atom is 0.279 e. The number of hydrogen-bond donors (Lipinski definition) is 2. The molecule has 0 radical (unpaired) electrons. The van der Waals surface area contributed by atoms with E-state index >= 15 is 0 Å². The molecule has 0 aromatic heterocycles. The van der Waals surface area contributed by atoms with E-state index in [4.69, 9.17) is 9.47 Å². The van der Waals surface area contributed by atoms with E-state index in [0.29, 0.717) is 23.7 Å². The Labute approximate surface area is 176 Å². The number of carbonyl (C=O) groups excluding carboxylic acids is 3. The van der Waals surface area contributed by atoms with Crippen molar-refractivity contribution in [3.05, 3.63) is 59.2 Å². The van der Waals surface area contributed by atoms with E-state index in [2.05, 4.69) is 10.9 Å². The van der Waals surface area contributed by atoms with Crippen LogP contribution in [0.5, 0.6) is 11.5 Å². The Hall–Kier alpha value is -3.35. The molecule has 2 rings (SSSR count). The number of amides is 2. The van der Waals surface area contributed by atoms with Gasteiger partial charge in [0.2, 0.25) is 5.91 Å². The van der Waals surface area contributed by atoms with Gasteiger partial charge in [0, 0.05) is 18.4 Å². The maximum absolute atomic E-state index is 12.2. The number of aryl methyl sites for hydroxylation is 1. The standard InChI is InChI=1S/C23H28N2O5/c1-5-29-19-11-9-18(10-12-19)20(26)13-14-22(27)24-25-23(28)17(4)30-21-8-6-7-15(2)16(21)3/h6-12,17H,5,13-14H2,1-4H3,(H,24,27)(H,25,28)/t17-/m0/s1. The second-order valence-corrected chi connectivity index (χ2v) is 6.88. The molecule has 160 valence electrons. The lowest BCUT2D eigenvalue weighted by molar-refractivity contribution is -0.132. The van der Waals surface area contributed by atoms with Crippen molar-refractivity contribution < 1.29 is 23.9 Å². The molecule has 0 spiro atoms. The van der Waals surface area contributed by atoms with Gasteiger partial charge in [0.1, 0.15) is 11.5 Å². The Morgan fingerprint density at radius 2 is 1.67 bits per heavy atom. The van der Waals surface area contributed by atoms with Gasteiger partial charge >= 0.3 is 0 Å². The van der Waals surface area contributed by atoms with Crippen molar-refractivity contribution in [1.82, 2.24) is 10.9 Å². The van der Waals surface area contributed by atoms with Gasteiger partial charge in [-0.2, -0.15) is 0 Å². The Morgan fingerprint density at radius 1 is 0.967 bits per heavy atom. The first-order valence-corrected chi connectivity index (χ1v) is 9.89. The SMILES string of the molecule is CCOc1ccc(C(=O)CCC(=O)NNC(=O)[C@H](C)Oc2cccc(C)c2C)cc1. The fourth-order valence-corrected chi connectivity index (χ4v) is 2.67. The van der Waals surface area contributed by atoms with Crippen LogP contribution in [-0.2, 0) is 9.59 Å². The van der Waals surface area contributed by atoms with Gasteiger partial charge in [0.05, 0.1) is 6.61 Å². The summed E-state index contributed by atoms with van der Waals surface area (Å²) in [4.78, 5) is 36.3. The molecule has 0 aliphatic rings. The quantitative estimate of drug-likeness (QED) is 0.487. The average Bonchev–Trinajstić information content (AvgIpc) is 2.74. The molecule has 0 saturated carbocycles. The van der Waals surface area contributed by atoms with Gasteiger partial charge in [0.25, 0.3) is 5.91 Å². The van der Waals surface area contributed by atoms with Crippen molar-refractivity contribution in [2.75, 3.05) is 6.61 Å². The van der Waals surface area contributed by atoms with Crippen molar-refractivity contribution in [1.29, 1.82) is 0 Å².